The summed E-state index contributed by atoms with van der Waals surface area (Å²) in [6, 6.07) is 4.49. The zero-order valence-electron chi connectivity index (χ0n) is 12.2. The maximum Gasteiger partial charge on any atom is 0.254 e. The van der Waals surface area contributed by atoms with E-state index in [1.807, 2.05) is 20.8 Å². The topological polar surface area (TPSA) is 80.5 Å². The molecule has 0 aliphatic carbocycles. The Morgan fingerprint density at radius 1 is 1.25 bits per heavy atom. The normalized spacial score (nSPS) is 11.4. The minimum absolute atomic E-state index is 0.0226. The van der Waals surface area contributed by atoms with E-state index < -0.39 is 10.0 Å². The van der Waals surface area contributed by atoms with Gasteiger partial charge in [0, 0.05) is 18.7 Å². The number of primary sulfonamides is 1. The molecule has 0 atom stereocenters. The van der Waals surface area contributed by atoms with Crippen LogP contribution in [0.25, 0.3) is 0 Å². The van der Waals surface area contributed by atoms with E-state index in [0.29, 0.717) is 25.1 Å². The van der Waals surface area contributed by atoms with Crippen LogP contribution in [0.4, 0.5) is 0 Å². The Hall–Kier alpha value is -1.40. The molecule has 1 aromatic rings. The molecule has 1 amide bonds. The fraction of sp³-hybridized carbons (Fsp3) is 0.500. The number of carbonyl (C=O) groups excluding carboxylic acids is 1. The smallest absolute Gasteiger partial charge is 0.254 e. The lowest BCUT2D eigenvalue weighted by Crippen LogP contribution is -2.32. The van der Waals surface area contributed by atoms with Gasteiger partial charge in [-0.05, 0) is 37.5 Å². The first-order valence-corrected chi connectivity index (χ1v) is 8.34. The predicted molar refractivity (Wildman–Crippen MR) is 79.1 cm³/mol. The van der Waals surface area contributed by atoms with Crippen molar-refractivity contribution in [1.29, 1.82) is 0 Å². The first-order valence-electron chi connectivity index (χ1n) is 6.80. The van der Waals surface area contributed by atoms with E-state index in [0.717, 1.165) is 12.0 Å². The van der Waals surface area contributed by atoms with Crippen molar-refractivity contribution in [3.8, 4) is 0 Å². The lowest BCUT2D eigenvalue weighted by molar-refractivity contribution is 0.0763. The van der Waals surface area contributed by atoms with Gasteiger partial charge in [0.05, 0.1) is 4.90 Å². The molecule has 0 fully saturated rings. The number of carbonyl (C=O) groups is 1. The summed E-state index contributed by atoms with van der Waals surface area (Å²) in [5, 5.41) is 5.13. The van der Waals surface area contributed by atoms with Crippen LogP contribution in [0.5, 0.6) is 0 Å². The van der Waals surface area contributed by atoms with E-state index in [2.05, 4.69) is 0 Å². The molecule has 0 aromatic heterocycles. The van der Waals surface area contributed by atoms with E-state index >= 15 is 0 Å². The van der Waals surface area contributed by atoms with Crippen LogP contribution in [-0.2, 0) is 16.4 Å². The van der Waals surface area contributed by atoms with Crippen molar-refractivity contribution in [2.45, 2.75) is 38.5 Å². The summed E-state index contributed by atoms with van der Waals surface area (Å²) in [6.45, 7) is 7.08. The van der Waals surface area contributed by atoms with Crippen molar-refractivity contribution in [2.75, 3.05) is 13.1 Å². The molecule has 6 heteroatoms. The number of aryl methyl sites for hydroxylation is 1. The van der Waals surface area contributed by atoms with E-state index in [1.165, 1.54) is 12.1 Å². The lowest BCUT2D eigenvalue weighted by atomic mass is 10.0. The Morgan fingerprint density at radius 2 is 1.90 bits per heavy atom. The van der Waals surface area contributed by atoms with E-state index in [4.69, 9.17) is 5.14 Å². The Morgan fingerprint density at radius 3 is 2.35 bits per heavy atom. The minimum atomic E-state index is -3.80. The van der Waals surface area contributed by atoms with Gasteiger partial charge in [0.15, 0.2) is 0 Å². The van der Waals surface area contributed by atoms with Crippen LogP contribution in [0.1, 0.15) is 43.1 Å². The number of hydrogen-bond donors (Lipinski definition) is 1. The number of benzene rings is 1. The second-order valence-corrected chi connectivity index (χ2v) is 6.16. The Balaban J connectivity index is 3.30. The third kappa shape index (κ3) is 3.80. The number of nitrogens with two attached hydrogens (primary N) is 1. The summed E-state index contributed by atoms with van der Waals surface area (Å²) in [5.74, 6) is -0.142. The van der Waals surface area contributed by atoms with Gasteiger partial charge in [-0.15, -0.1) is 0 Å². The van der Waals surface area contributed by atoms with Gasteiger partial charge < -0.3 is 4.90 Å². The molecule has 0 heterocycles. The van der Waals surface area contributed by atoms with Gasteiger partial charge in [-0.3, -0.25) is 4.79 Å². The van der Waals surface area contributed by atoms with Crippen LogP contribution in [0.15, 0.2) is 23.1 Å². The van der Waals surface area contributed by atoms with E-state index in [9.17, 15) is 13.2 Å². The molecule has 0 aliphatic rings. The predicted octanol–water partition coefficient (Wildman–Crippen LogP) is 1.77. The highest BCUT2D eigenvalue weighted by Crippen LogP contribution is 2.18. The van der Waals surface area contributed by atoms with Crippen molar-refractivity contribution >= 4 is 15.9 Å². The molecule has 5 nitrogen and oxygen atoms in total. The Bertz CT molecular complexity index is 582. The van der Waals surface area contributed by atoms with E-state index in [-0.39, 0.29) is 10.8 Å². The molecule has 112 valence electrons. The van der Waals surface area contributed by atoms with Crippen molar-refractivity contribution in [3.63, 3.8) is 0 Å². The molecular weight excluding hydrogens is 276 g/mol. The first kappa shape index (κ1) is 16.7. The summed E-state index contributed by atoms with van der Waals surface area (Å²) < 4.78 is 22.9. The molecule has 0 unspecified atom stereocenters. The summed E-state index contributed by atoms with van der Waals surface area (Å²) >= 11 is 0. The zero-order valence-corrected chi connectivity index (χ0v) is 13.0. The van der Waals surface area contributed by atoms with Gasteiger partial charge in [-0.1, -0.05) is 19.9 Å². The molecule has 0 saturated heterocycles. The highest BCUT2D eigenvalue weighted by molar-refractivity contribution is 7.89. The summed E-state index contributed by atoms with van der Waals surface area (Å²) in [5.41, 5.74) is 1.26. The Labute approximate surface area is 120 Å². The van der Waals surface area contributed by atoms with Gasteiger partial charge in [0.2, 0.25) is 10.0 Å². The lowest BCUT2D eigenvalue weighted by Gasteiger charge is -2.21. The molecular formula is C14H22N2O3S. The van der Waals surface area contributed by atoms with Crippen LogP contribution < -0.4 is 5.14 Å². The third-order valence-corrected chi connectivity index (χ3v) is 4.09. The number of nitrogens with zero attached hydrogens (tertiary/aromatic N) is 1. The first-order chi connectivity index (χ1) is 9.35. The third-order valence-electron chi connectivity index (χ3n) is 3.18. The zero-order chi connectivity index (χ0) is 15.3. The van der Waals surface area contributed by atoms with Crippen molar-refractivity contribution in [1.82, 2.24) is 4.90 Å². The van der Waals surface area contributed by atoms with Crippen molar-refractivity contribution in [2.24, 2.45) is 5.14 Å². The maximum atomic E-state index is 12.5. The van der Waals surface area contributed by atoms with Crippen LogP contribution in [0, 0.1) is 0 Å². The fourth-order valence-corrected chi connectivity index (χ4v) is 2.62. The molecule has 1 aromatic carbocycles. The van der Waals surface area contributed by atoms with Gasteiger partial charge in [-0.2, -0.15) is 0 Å². The maximum absolute atomic E-state index is 12.5. The number of sulfonamides is 1. The van der Waals surface area contributed by atoms with Gasteiger partial charge in [0.1, 0.15) is 0 Å². The monoisotopic (exact) mass is 298 g/mol. The van der Waals surface area contributed by atoms with Gasteiger partial charge in [0.25, 0.3) is 5.91 Å². The molecule has 0 aliphatic heterocycles. The van der Waals surface area contributed by atoms with Gasteiger partial charge >= 0.3 is 0 Å². The number of rotatable bonds is 6. The van der Waals surface area contributed by atoms with Crippen LogP contribution in [0.2, 0.25) is 0 Å². The second kappa shape index (κ2) is 6.85. The number of hydrogen-bond acceptors (Lipinski definition) is 3. The highest BCUT2D eigenvalue weighted by atomic mass is 32.2. The van der Waals surface area contributed by atoms with Crippen molar-refractivity contribution in [3.05, 3.63) is 29.3 Å². The molecule has 0 saturated carbocycles. The summed E-state index contributed by atoms with van der Waals surface area (Å²) in [6.07, 6.45) is 1.52. The molecule has 1 rings (SSSR count). The molecule has 0 bridgehead atoms. The SMILES string of the molecule is CCCN(CC)C(=O)c1cc(S(N)(=O)=O)ccc1CC. The van der Waals surface area contributed by atoms with Crippen molar-refractivity contribution < 1.29 is 13.2 Å². The quantitative estimate of drug-likeness (QED) is 0.869. The fourth-order valence-electron chi connectivity index (χ4n) is 2.08. The molecule has 20 heavy (non-hydrogen) atoms. The van der Waals surface area contributed by atoms with Crippen LogP contribution in [0.3, 0.4) is 0 Å². The average Bonchev–Trinajstić information content (AvgIpc) is 2.42. The van der Waals surface area contributed by atoms with E-state index in [1.54, 1.807) is 11.0 Å². The van der Waals surface area contributed by atoms with Crippen LogP contribution >= 0.6 is 0 Å². The standard InChI is InChI=1S/C14H22N2O3S/c1-4-9-16(6-3)14(17)13-10-12(20(15,18)19)8-7-11(13)5-2/h7-8,10H,4-6,9H2,1-3H3,(H2,15,18,19). The van der Waals surface area contributed by atoms with Crippen LogP contribution in [-0.4, -0.2) is 32.3 Å². The largest absolute Gasteiger partial charge is 0.339 e. The summed E-state index contributed by atoms with van der Waals surface area (Å²) in [4.78, 5) is 14.2. The highest BCUT2D eigenvalue weighted by Gasteiger charge is 2.19. The molecule has 0 spiro atoms. The average molecular weight is 298 g/mol. The Kier molecular flexibility index (Phi) is 5.71. The number of amides is 1. The van der Waals surface area contributed by atoms with Gasteiger partial charge in [-0.25, -0.2) is 13.6 Å². The minimum Gasteiger partial charge on any atom is -0.339 e. The second-order valence-electron chi connectivity index (χ2n) is 4.60. The summed E-state index contributed by atoms with van der Waals surface area (Å²) in [7, 11) is -3.80. The molecule has 2 N–H and O–H groups in total. The molecule has 0 radical (unpaired) electrons.